The maximum atomic E-state index is 13.9. The zero-order chi connectivity index (χ0) is 14.0. The molecule has 5 heteroatoms. The minimum Gasteiger partial charge on any atom is -0.493 e. The van der Waals surface area contributed by atoms with E-state index >= 15 is 0 Å². The van der Waals surface area contributed by atoms with Crippen LogP contribution in [-0.4, -0.2) is 32.1 Å². The molecule has 2 unspecified atom stereocenters. The zero-order valence-electron chi connectivity index (χ0n) is 11.3. The second-order valence-corrected chi connectivity index (χ2v) is 5.13. The summed E-state index contributed by atoms with van der Waals surface area (Å²) >= 11 is 0. The Morgan fingerprint density at radius 1 is 1.47 bits per heavy atom. The van der Waals surface area contributed by atoms with Crippen LogP contribution < -0.4 is 10.5 Å². The molecule has 2 rings (SSSR count). The lowest BCUT2D eigenvalue weighted by Gasteiger charge is -2.22. The van der Waals surface area contributed by atoms with Crippen molar-refractivity contribution < 1.29 is 13.5 Å². The number of hydrogen-bond acceptors (Lipinski definition) is 3. The quantitative estimate of drug-likeness (QED) is 0.912. The van der Waals surface area contributed by atoms with Crippen molar-refractivity contribution in [2.24, 2.45) is 11.7 Å². The van der Waals surface area contributed by atoms with Gasteiger partial charge in [0.25, 0.3) is 0 Å². The first-order valence-corrected chi connectivity index (χ1v) is 6.43. The molecule has 1 aromatic carbocycles. The third-order valence-corrected chi connectivity index (χ3v) is 3.82. The molecule has 1 fully saturated rings. The van der Waals surface area contributed by atoms with Crippen LogP contribution in [0.1, 0.15) is 23.6 Å². The van der Waals surface area contributed by atoms with Gasteiger partial charge in [-0.3, -0.25) is 4.90 Å². The number of methoxy groups -OCH3 is 1. The largest absolute Gasteiger partial charge is 0.493 e. The van der Waals surface area contributed by atoms with E-state index in [0.29, 0.717) is 23.6 Å². The first-order valence-electron chi connectivity index (χ1n) is 6.43. The van der Waals surface area contributed by atoms with Crippen molar-refractivity contribution in [1.29, 1.82) is 0 Å². The summed E-state index contributed by atoms with van der Waals surface area (Å²) in [5, 5.41) is 0. The molecule has 0 radical (unpaired) electrons. The van der Waals surface area contributed by atoms with Gasteiger partial charge in [0, 0.05) is 18.2 Å². The van der Waals surface area contributed by atoms with Crippen molar-refractivity contribution in [2.75, 3.05) is 27.2 Å². The van der Waals surface area contributed by atoms with Crippen LogP contribution in [0, 0.1) is 11.7 Å². The van der Waals surface area contributed by atoms with Crippen molar-refractivity contribution >= 4 is 0 Å². The van der Waals surface area contributed by atoms with Gasteiger partial charge in [0.05, 0.1) is 7.11 Å². The number of likely N-dealkylation sites (tertiary alicyclic amines) is 1. The summed E-state index contributed by atoms with van der Waals surface area (Å²) in [7, 11) is 3.41. The van der Waals surface area contributed by atoms with Gasteiger partial charge >= 0.3 is 0 Å². The Bertz CT molecular complexity index is 453. The summed E-state index contributed by atoms with van der Waals surface area (Å²) in [6, 6.07) is 2.92. The Hall–Kier alpha value is -1.20. The fourth-order valence-corrected chi connectivity index (χ4v) is 2.85. The molecule has 0 spiro atoms. The van der Waals surface area contributed by atoms with Crippen molar-refractivity contribution in [1.82, 2.24) is 4.90 Å². The highest BCUT2D eigenvalue weighted by Gasteiger charge is 2.32. The fourth-order valence-electron chi connectivity index (χ4n) is 2.85. The van der Waals surface area contributed by atoms with Crippen molar-refractivity contribution in [3.05, 3.63) is 29.1 Å². The first kappa shape index (κ1) is 14.2. The van der Waals surface area contributed by atoms with Crippen LogP contribution >= 0.6 is 0 Å². The third kappa shape index (κ3) is 2.72. The Morgan fingerprint density at radius 3 is 2.74 bits per heavy atom. The van der Waals surface area contributed by atoms with Crippen LogP contribution in [0.15, 0.2) is 12.1 Å². The molecule has 1 heterocycles. The molecule has 0 aromatic heterocycles. The van der Waals surface area contributed by atoms with Crippen molar-refractivity contribution in [3.63, 3.8) is 0 Å². The maximum absolute atomic E-state index is 13.9. The average Bonchev–Trinajstić information content (AvgIpc) is 2.79. The highest BCUT2D eigenvalue weighted by molar-refractivity contribution is 5.41. The lowest BCUT2D eigenvalue weighted by Crippen LogP contribution is -2.21. The predicted molar refractivity (Wildman–Crippen MR) is 70.3 cm³/mol. The summed E-state index contributed by atoms with van der Waals surface area (Å²) in [4.78, 5) is 2.12. The van der Waals surface area contributed by atoms with E-state index in [2.05, 4.69) is 4.90 Å². The van der Waals surface area contributed by atoms with E-state index < -0.39 is 12.5 Å². The molecule has 19 heavy (non-hydrogen) atoms. The Kier molecular flexibility index (Phi) is 4.37. The molecule has 0 aliphatic carbocycles. The minimum absolute atomic E-state index is 0.0319. The SMILES string of the molecule is COc1c(F)cc(CF)cc1C1CC(CN)CN1C. The lowest BCUT2D eigenvalue weighted by molar-refractivity contribution is 0.298. The van der Waals surface area contributed by atoms with E-state index in [1.807, 2.05) is 7.05 Å². The zero-order valence-corrected chi connectivity index (χ0v) is 11.3. The molecular weight excluding hydrogens is 250 g/mol. The number of benzene rings is 1. The van der Waals surface area contributed by atoms with Crippen LogP contribution in [0.2, 0.25) is 0 Å². The molecule has 2 atom stereocenters. The van der Waals surface area contributed by atoms with Gasteiger partial charge in [-0.15, -0.1) is 0 Å². The van der Waals surface area contributed by atoms with Gasteiger partial charge in [0.2, 0.25) is 0 Å². The van der Waals surface area contributed by atoms with Crippen LogP contribution in [0.3, 0.4) is 0 Å². The average molecular weight is 270 g/mol. The van der Waals surface area contributed by atoms with Crippen LogP contribution in [-0.2, 0) is 6.67 Å². The van der Waals surface area contributed by atoms with Gasteiger partial charge in [-0.2, -0.15) is 0 Å². The van der Waals surface area contributed by atoms with Crippen LogP contribution in [0.4, 0.5) is 8.78 Å². The number of ether oxygens (including phenoxy) is 1. The summed E-state index contributed by atoms with van der Waals surface area (Å²) in [6.45, 7) is 0.797. The van der Waals surface area contributed by atoms with Gasteiger partial charge in [-0.25, -0.2) is 8.78 Å². The van der Waals surface area contributed by atoms with E-state index in [1.54, 1.807) is 6.07 Å². The number of nitrogens with zero attached hydrogens (tertiary/aromatic N) is 1. The van der Waals surface area contributed by atoms with Crippen molar-refractivity contribution in [3.8, 4) is 5.75 Å². The van der Waals surface area contributed by atoms with E-state index in [1.165, 1.54) is 13.2 Å². The molecule has 0 bridgehead atoms. The lowest BCUT2D eigenvalue weighted by atomic mass is 9.97. The summed E-state index contributed by atoms with van der Waals surface area (Å²) in [5.74, 6) is 0.0979. The van der Waals surface area contributed by atoms with Gasteiger partial charge in [-0.1, -0.05) is 0 Å². The predicted octanol–water partition coefficient (Wildman–Crippen LogP) is 2.26. The standard InChI is InChI=1S/C14H20F2N2O/c1-18-8-10(7-17)5-13(18)11-3-9(6-15)4-12(16)14(11)19-2/h3-4,10,13H,5-8,17H2,1-2H3. The van der Waals surface area contributed by atoms with Gasteiger partial charge in [-0.05, 0) is 43.6 Å². The molecule has 1 saturated heterocycles. The summed E-state index contributed by atoms with van der Waals surface area (Å²) in [5.41, 5.74) is 6.76. The number of nitrogens with two attached hydrogens (primary N) is 1. The molecule has 0 amide bonds. The van der Waals surface area contributed by atoms with Gasteiger partial charge in [0.15, 0.2) is 11.6 Å². The molecule has 0 saturated carbocycles. The topological polar surface area (TPSA) is 38.5 Å². The number of halogens is 2. The molecule has 2 N–H and O–H groups in total. The Morgan fingerprint density at radius 2 is 2.21 bits per heavy atom. The Balaban J connectivity index is 2.40. The summed E-state index contributed by atoms with van der Waals surface area (Å²) in [6.07, 6.45) is 0.846. The fraction of sp³-hybridized carbons (Fsp3) is 0.571. The van der Waals surface area contributed by atoms with Crippen LogP contribution in [0.5, 0.6) is 5.75 Å². The first-order chi connectivity index (χ1) is 9.10. The van der Waals surface area contributed by atoms with Crippen LogP contribution in [0.25, 0.3) is 0 Å². The van der Waals surface area contributed by atoms with Gasteiger partial charge in [0.1, 0.15) is 6.67 Å². The summed E-state index contributed by atoms with van der Waals surface area (Å²) < 4.78 is 31.9. The molecular formula is C14H20F2N2O. The number of hydrogen-bond donors (Lipinski definition) is 1. The molecule has 1 aliphatic heterocycles. The highest BCUT2D eigenvalue weighted by atomic mass is 19.1. The van der Waals surface area contributed by atoms with E-state index in [0.717, 1.165) is 13.0 Å². The number of rotatable bonds is 4. The smallest absolute Gasteiger partial charge is 0.165 e. The highest BCUT2D eigenvalue weighted by Crippen LogP contribution is 2.40. The molecule has 3 nitrogen and oxygen atoms in total. The maximum Gasteiger partial charge on any atom is 0.165 e. The second kappa shape index (κ2) is 5.84. The minimum atomic E-state index is -0.676. The molecule has 106 valence electrons. The van der Waals surface area contributed by atoms with Gasteiger partial charge < -0.3 is 10.5 Å². The second-order valence-electron chi connectivity index (χ2n) is 5.13. The van der Waals surface area contributed by atoms with E-state index in [9.17, 15) is 8.78 Å². The van der Waals surface area contributed by atoms with E-state index in [-0.39, 0.29) is 11.8 Å². The third-order valence-electron chi connectivity index (χ3n) is 3.82. The van der Waals surface area contributed by atoms with Crippen molar-refractivity contribution in [2.45, 2.75) is 19.1 Å². The molecule has 1 aliphatic rings. The Labute approximate surface area is 112 Å². The normalized spacial score (nSPS) is 23.8. The monoisotopic (exact) mass is 270 g/mol. The van der Waals surface area contributed by atoms with E-state index in [4.69, 9.17) is 10.5 Å². The number of alkyl halides is 1. The molecule has 1 aromatic rings.